The Bertz CT molecular complexity index is 1250. The summed E-state index contributed by atoms with van der Waals surface area (Å²) in [6.07, 6.45) is 0.601. The first-order valence-electron chi connectivity index (χ1n) is 12.2. The molecule has 0 bridgehead atoms. The van der Waals surface area contributed by atoms with Crippen molar-refractivity contribution in [1.82, 2.24) is 20.9 Å². The van der Waals surface area contributed by atoms with Crippen molar-refractivity contribution in [3.63, 3.8) is 0 Å². The molecule has 1 fully saturated rings. The van der Waals surface area contributed by atoms with E-state index in [2.05, 4.69) is 25.5 Å². The number of aromatic amines is 1. The Kier molecular flexibility index (Phi) is 12.2. The average Bonchev–Trinajstić information content (AvgIpc) is 3.46. The van der Waals surface area contributed by atoms with Crippen LogP contribution in [0.4, 0.5) is 0 Å². The molecule has 39 heavy (non-hydrogen) atoms. The van der Waals surface area contributed by atoms with Gasteiger partial charge in [-0.05, 0) is 43.4 Å². The Balaban J connectivity index is 0.00000533. The van der Waals surface area contributed by atoms with Gasteiger partial charge in [0.1, 0.15) is 24.1 Å². The Hall–Kier alpha value is -2.25. The summed E-state index contributed by atoms with van der Waals surface area (Å²) < 4.78 is 20.7. The number of Topliss-reactive ketones (excluding diaryl/α,β-unsaturated/α-hetero) is 1. The molecule has 0 saturated carbocycles. The molecule has 0 spiro atoms. The van der Waals surface area contributed by atoms with E-state index in [9.17, 15) is 23.7 Å². The number of ether oxygens (including phenoxy) is 1. The molecule has 3 amide bonds. The van der Waals surface area contributed by atoms with Crippen LogP contribution >= 0.6 is 7.82 Å². The monoisotopic (exact) mass is 575 g/mol. The summed E-state index contributed by atoms with van der Waals surface area (Å²) >= 11 is 0. The number of phosphoric ester groups is 1. The molecule has 3 atom stereocenters. The number of amides is 3. The summed E-state index contributed by atoms with van der Waals surface area (Å²) in [5.74, 6) is -2.32. The summed E-state index contributed by atoms with van der Waals surface area (Å²) in [7, 11) is -3.42. The molecule has 2 heterocycles. The molecule has 0 unspecified atom stereocenters. The third kappa shape index (κ3) is 9.42. The maximum atomic E-state index is 13.3. The zero-order valence-corrected chi connectivity index (χ0v) is 25.2. The smallest absolute Gasteiger partial charge is 0.470 e. The molecule has 1 radical (unpaired) electrons. The van der Waals surface area contributed by atoms with Gasteiger partial charge in [-0.2, -0.15) is 0 Å². The molecule has 0 aliphatic carbocycles. The van der Waals surface area contributed by atoms with Gasteiger partial charge in [-0.3, -0.25) is 23.7 Å². The number of ketones is 1. The number of fused-ring (bicyclic) bond motifs is 1. The molecule has 1 aromatic heterocycles. The van der Waals surface area contributed by atoms with Crippen LogP contribution in [0.2, 0.25) is 0 Å². The third-order valence-corrected chi connectivity index (χ3v) is 6.65. The maximum Gasteiger partial charge on any atom is 0.470 e. The van der Waals surface area contributed by atoms with Crippen LogP contribution in [0.5, 0.6) is 5.75 Å². The first-order valence-corrected chi connectivity index (χ1v) is 13.7. The van der Waals surface area contributed by atoms with Gasteiger partial charge in [0.2, 0.25) is 11.8 Å². The fourth-order valence-corrected chi connectivity index (χ4v) is 4.61. The van der Waals surface area contributed by atoms with Crippen molar-refractivity contribution in [2.45, 2.75) is 45.2 Å². The minimum atomic E-state index is -4.93. The van der Waals surface area contributed by atoms with Crippen molar-refractivity contribution in [2.24, 2.45) is 11.8 Å². The predicted octanol–water partition coefficient (Wildman–Crippen LogP) is 0.630. The molecular weight excluding hydrogens is 542 g/mol. The number of hydrogen-bond acceptors (Lipinski definition) is 7. The van der Waals surface area contributed by atoms with E-state index in [1.54, 1.807) is 24.3 Å². The molecule has 13 nitrogen and oxygen atoms in total. The zero-order valence-electron chi connectivity index (χ0n) is 22.4. The summed E-state index contributed by atoms with van der Waals surface area (Å²) in [5, 5.41) is 8.60. The van der Waals surface area contributed by atoms with E-state index in [1.807, 2.05) is 13.8 Å². The summed E-state index contributed by atoms with van der Waals surface area (Å²) in [4.78, 5) is 72.1. The molecule has 3 rings (SSSR count). The van der Waals surface area contributed by atoms with Crippen molar-refractivity contribution < 1.29 is 42.8 Å². The number of aromatic nitrogens is 1. The Morgan fingerprint density at radius 2 is 1.90 bits per heavy atom. The van der Waals surface area contributed by atoms with Crippen LogP contribution in [-0.2, 0) is 23.5 Å². The van der Waals surface area contributed by atoms with E-state index in [1.165, 1.54) is 7.11 Å². The van der Waals surface area contributed by atoms with Crippen LogP contribution in [0, 0.1) is 11.8 Å². The molecule has 6 N–H and O–H groups in total. The first kappa shape index (κ1) is 33.0. The quantitative estimate of drug-likeness (QED) is 0.147. The van der Waals surface area contributed by atoms with Crippen LogP contribution in [0.3, 0.4) is 0 Å². The molecule has 209 valence electrons. The van der Waals surface area contributed by atoms with E-state index in [0.29, 0.717) is 29.6 Å². The number of H-pyrrole nitrogens is 1. The molecule has 1 aliphatic heterocycles. The predicted molar refractivity (Wildman–Crippen MR) is 142 cm³/mol. The number of hydrogen-bond donors (Lipinski definition) is 6. The SMILES string of the molecule is COc1cccc2[nH]c(C(=O)N[C@@H](CC(C)C)C(=O)N[C@@H](C[C@@H]3CCNC3=O)C(=O)COP(=O)(O)O)cc12.[Na]. The van der Waals surface area contributed by atoms with Crippen molar-refractivity contribution in [2.75, 3.05) is 20.3 Å². The molecule has 1 saturated heterocycles. The average molecular weight is 576 g/mol. The molecular formula is C24H33N4NaO9P. The number of rotatable bonds is 13. The minimum Gasteiger partial charge on any atom is -0.496 e. The Morgan fingerprint density at radius 1 is 1.18 bits per heavy atom. The normalized spacial score (nSPS) is 16.8. The second-order valence-electron chi connectivity index (χ2n) is 9.56. The van der Waals surface area contributed by atoms with E-state index < -0.39 is 50.0 Å². The van der Waals surface area contributed by atoms with E-state index in [0.717, 1.165) is 0 Å². The van der Waals surface area contributed by atoms with E-state index in [-0.39, 0.29) is 59.9 Å². The Morgan fingerprint density at radius 3 is 2.49 bits per heavy atom. The van der Waals surface area contributed by atoms with Gasteiger partial charge in [0.25, 0.3) is 5.91 Å². The second kappa shape index (κ2) is 14.4. The number of carbonyl (C=O) groups is 4. The molecule has 1 aromatic carbocycles. The van der Waals surface area contributed by atoms with Gasteiger partial charge in [0, 0.05) is 52.9 Å². The second-order valence-corrected chi connectivity index (χ2v) is 10.8. The van der Waals surface area contributed by atoms with E-state index in [4.69, 9.17) is 14.5 Å². The van der Waals surface area contributed by atoms with E-state index >= 15 is 0 Å². The minimum absolute atomic E-state index is 0. The number of nitrogens with one attached hydrogen (secondary N) is 4. The van der Waals surface area contributed by atoms with Crippen molar-refractivity contribution in [3.8, 4) is 5.75 Å². The summed E-state index contributed by atoms with van der Waals surface area (Å²) in [5.41, 5.74) is 0.876. The molecule has 1 aliphatic rings. The van der Waals surface area contributed by atoms with Crippen molar-refractivity contribution >= 4 is 71.8 Å². The summed E-state index contributed by atoms with van der Waals surface area (Å²) in [6, 6.07) is 4.62. The van der Waals surface area contributed by atoms with Crippen molar-refractivity contribution in [1.29, 1.82) is 0 Å². The fourth-order valence-electron chi connectivity index (χ4n) is 4.31. The van der Waals surface area contributed by atoms with Gasteiger partial charge in [0.05, 0.1) is 13.2 Å². The van der Waals surface area contributed by atoms with Crippen molar-refractivity contribution in [3.05, 3.63) is 30.0 Å². The largest absolute Gasteiger partial charge is 0.496 e. The number of carbonyl (C=O) groups excluding carboxylic acids is 4. The van der Waals surface area contributed by atoms with Crippen LogP contribution in [0.25, 0.3) is 10.9 Å². The maximum absolute atomic E-state index is 13.3. The third-order valence-electron chi connectivity index (χ3n) is 6.18. The number of benzene rings is 1. The Labute approximate surface area is 247 Å². The summed E-state index contributed by atoms with van der Waals surface area (Å²) in [6.45, 7) is 3.18. The molecule has 2 aromatic rings. The molecule has 15 heteroatoms. The van der Waals surface area contributed by atoms with Crippen LogP contribution < -0.4 is 20.7 Å². The number of methoxy groups -OCH3 is 1. The van der Waals surface area contributed by atoms with Gasteiger partial charge < -0.3 is 35.5 Å². The van der Waals surface area contributed by atoms with Gasteiger partial charge in [-0.15, -0.1) is 0 Å². The van der Waals surface area contributed by atoms with Gasteiger partial charge >= 0.3 is 7.82 Å². The first-order chi connectivity index (χ1) is 17.9. The standard InChI is InChI=1S/C24H33N4O9P.Na/c1-13(2)9-18(28-24(32)19-11-15-16(26-19)5-4-6-21(15)36-3)23(31)27-17(10-14-7-8-25-22(14)30)20(29)12-37-38(33,34)35;/h4-6,11,13-14,17-18,26H,7-10,12H2,1-3H3,(H,25,30)(H,27,31)(H,28,32)(H2,33,34,35);/t14-,17-,18-;/m0./s1. The van der Waals surface area contributed by atoms with Crippen LogP contribution in [0.15, 0.2) is 24.3 Å². The van der Waals surface area contributed by atoms with Crippen LogP contribution in [-0.4, -0.2) is 100 Å². The van der Waals surface area contributed by atoms with Crippen LogP contribution in [0.1, 0.15) is 43.6 Å². The van der Waals surface area contributed by atoms with Gasteiger partial charge in [0.15, 0.2) is 5.78 Å². The number of phosphoric acid groups is 1. The topological polar surface area (TPSA) is 196 Å². The van der Waals surface area contributed by atoms with Gasteiger partial charge in [-0.1, -0.05) is 19.9 Å². The fraction of sp³-hybridized carbons (Fsp3) is 0.500. The zero-order chi connectivity index (χ0) is 28.0. The van der Waals surface area contributed by atoms with Gasteiger partial charge in [-0.25, -0.2) is 4.57 Å².